The SMILES string of the molecule is CCN1CCN(C(=O)C2(c3ccccc3)CCN(CCC(CN(C)C(=O)c3cc(-n4cnnn4)ccc3OC)c3ccccc3)CC2)CC1. The Kier molecular flexibility index (Phi) is 11.0. The first-order valence-electron chi connectivity index (χ1n) is 17.4. The number of tetrazole rings is 1. The van der Waals surface area contributed by atoms with Gasteiger partial charge in [0, 0.05) is 45.7 Å². The van der Waals surface area contributed by atoms with Crippen molar-refractivity contribution in [3.05, 3.63) is 102 Å². The molecule has 2 aliphatic rings. The standard InChI is InChI=1S/C38H48N8O3/c1-4-43-23-25-45(26-24-43)37(48)38(32-13-9-6-10-14-32)18-21-44(22-19-38)20-17-31(30-11-7-5-8-12-30)28-42(2)36(47)34-27-33(15-16-35(34)49-3)46-29-39-40-41-46/h5-16,27,29,31H,4,17-26,28H2,1-3H3. The molecule has 1 unspecified atom stereocenters. The summed E-state index contributed by atoms with van der Waals surface area (Å²) in [7, 11) is 3.42. The monoisotopic (exact) mass is 664 g/mol. The Balaban J connectivity index is 1.14. The van der Waals surface area contributed by atoms with Crippen molar-refractivity contribution in [2.75, 3.05) is 73.1 Å². The van der Waals surface area contributed by atoms with Crippen LogP contribution in [0.5, 0.6) is 5.75 Å². The molecule has 0 saturated carbocycles. The minimum Gasteiger partial charge on any atom is -0.496 e. The minimum absolute atomic E-state index is 0.126. The number of piperidine rings is 1. The van der Waals surface area contributed by atoms with E-state index in [0.717, 1.165) is 77.2 Å². The molecule has 0 N–H and O–H groups in total. The summed E-state index contributed by atoms with van der Waals surface area (Å²) in [4.78, 5) is 37.0. The van der Waals surface area contributed by atoms with E-state index in [1.165, 1.54) is 16.6 Å². The molecule has 0 spiro atoms. The molecule has 3 aromatic carbocycles. The number of carbonyl (C=O) groups excluding carboxylic acids is 2. The van der Waals surface area contributed by atoms with Crippen LogP contribution < -0.4 is 4.74 Å². The summed E-state index contributed by atoms with van der Waals surface area (Å²) in [5.74, 6) is 0.788. The lowest BCUT2D eigenvalue weighted by molar-refractivity contribution is -0.141. The highest BCUT2D eigenvalue weighted by atomic mass is 16.5. The largest absolute Gasteiger partial charge is 0.496 e. The number of nitrogens with zero attached hydrogens (tertiary/aromatic N) is 8. The molecule has 2 aliphatic heterocycles. The summed E-state index contributed by atoms with van der Waals surface area (Å²) in [6.07, 6.45) is 3.99. The zero-order valence-corrected chi connectivity index (χ0v) is 28.9. The highest BCUT2D eigenvalue weighted by molar-refractivity contribution is 5.97. The van der Waals surface area contributed by atoms with E-state index in [1.807, 2.05) is 25.2 Å². The number of hydrogen-bond donors (Lipinski definition) is 0. The molecule has 2 amide bonds. The number of rotatable bonds is 12. The van der Waals surface area contributed by atoms with E-state index in [1.54, 1.807) is 24.1 Å². The van der Waals surface area contributed by atoms with Crippen LogP contribution >= 0.6 is 0 Å². The van der Waals surface area contributed by atoms with Gasteiger partial charge >= 0.3 is 0 Å². The van der Waals surface area contributed by atoms with Crippen molar-refractivity contribution < 1.29 is 14.3 Å². The maximum atomic E-state index is 14.3. The molecule has 11 heteroatoms. The third-order valence-corrected chi connectivity index (χ3v) is 10.5. The molecule has 2 saturated heterocycles. The number of hydrogen-bond acceptors (Lipinski definition) is 8. The molecule has 49 heavy (non-hydrogen) atoms. The summed E-state index contributed by atoms with van der Waals surface area (Å²) >= 11 is 0. The lowest BCUT2D eigenvalue weighted by Gasteiger charge is -2.45. The quantitative estimate of drug-likeness (QED) is 0.223. The van der Waals surface area contributed by atoms with E-state index < -0.39 is 5.41 Å². The number of carbonyl (C=O) groups is 2. The lowest BCUT2D eigenvalue weighted by Crippen LogP contribution is -2.57. The van der Waals surface area contributed by atoms with Gasteiger partial charge in [-0.1, -0.05) is 67.6 Å². The summed E-state index contributed by atoms with van der Waals surface area (Å²) in [5, 5.41) is 11.4. The van der Waals surface area contributed by atoms with Gasteiger partial charge in [0.1, 0.15) is 12.1 Å². The van der Waals surface area contributed by atoms with Crippen LogP contribution in [0.25, 0.3) is 5.69 Å². The first-order valence-corrected chi connectivity index (χ1v) is 17.4. The van der Waals surface area contributed by atoms with Crippen molar-refractivity contribution in [1.29, 1.82) is 0 Å². The Morgan fingerprint density at radius 3 is 2.22 bits per heavy atom. The van der Waals surface area contributed by atoms with Crippen LogP contribution in [-0.4, -0.2) is 125 Å². The number of likely N-dealkylation sites (N-methyl/N-ethyl adjacent to an activating group) is 2. The van der Waals surface area contributed by atoms with Gasteiger partial charge < -0.3 is 24.3 Å². The number of piperazine rings is 1. The lowest BCUT2D eigenvalue weighted by atomic mass is 9.71. The molecule has 3 heterocycles. The highest BCUT2D eigenvalue weighted by Gasteiger charge is 2.45. The van der Waals surface area contributed by atoms with Crippen LogP contribution in [0.1, 0.15) is 53.6 Å². The van der Waals surface area contributed by atoms with Crippen molar-refractivity contribution in [1.82, 2.24) is 39.8 Å². The molecule has 0 aliphatic carbocycles. The zero-order valence-electron chi connectivity index (χ0n) is 28.9. The normalized spacial score (nSPS) is 17.4. The number of aromatic nitrogens is 4. The van der Waals surface area contributed by atoms with Gasteiger partial charge in [0.2, 0.25) is 5.91 Å². The Hall–Kier alpha value is -4.61. The topological polar surface area (TPSA) is 99.9 Å². The van der Waals surface area contributed by atoms with Gasteiger partial charge in [0.05, 0.1) is 23.8 Å². The van der Waals surface area contributed by atoms with Crippen LogP contribution in [0, 0.1) is 0 Å². The van der Waals surface area contributed by atoms with Crippen molar-refractivity contribution in [2.45, 2.75) is 37.5 Å². The van der Waals surface area contributed by atoms with Gasteiger partial charge in [-0.05, 0) is 85.2 Å². The molecule has 4 aromatic rings. The van der Waals surface area contributed by atoms with Gasteiger partial charge in [-0.3, -0.25) is 9.59 Å². The van der Waals surface area contributed by atoms with E-state index in [0.29, 0.717) is 23.5 Å². The van der Waals surface area contributed by atoms with E-state index in [2.05, 4.69) is 85.7 Å². The molecule has 11 nitrogen and oxygen atoms in total. The van der Waals surface area contributed by atoms with Crippen molar-refractivity contribution in [3.8, 4) is 11.4 Å². The average molecular weight is 665 g/mol. The molecule has 6 rings (SSSR count). The average Bonchev–Trinajstić information content (AvgIpc) is 3.72. The second-order valence-corrected chi connectivity index (χ2v) is 13.2. The zero-order chi connectivity index (χ0) is 34.2. The number of benzene rings is 3. The Morgan fingerprint density at radius 1 is 0.898 bits per heavy atom. The molecule has 1 aromatic heterocycles. The molecule has 258 valence electrons. The van der Waals surface area contributed by atoms with Crippen LogP contribution in [0.4, 0.5) is 0 Å². The van der Waals surface area contributed by atoms with Gasteiger partial charge in [-0.2, -0.15) is 0 Å². The van der Waals surface area contributed by atoms with E-state index in [-0.39, 0.29) is 17.7 Å². The van der Waals surface area contributed by atoms with Crippen molar-refractivity contribution in [2.24, 2.45) is 0 Å². The third-order valence-electron chi connectivity index (χ3n) is 10.5. The van der Waals surface area contributed by atoms with E-state index in [4.69, 9.17) is 4.74 Å². The number of amides is 2. The Morgan fingerprint density at radius 2 is 1.59 bits per heavy atom. The smallest absolute Gasteiger partial charge is 0.257 e. The second kappa shape index (κ2) is 15.7. The Labute approximate surface area is 289 Å². The van der Waals surface area contributed by atoms with Crippen LogP contribution in [0.15, 0.2) is 85.2 Å². The summed E-state index contributed by atoms with van der Waals surface area (Å²) in [5.41, 5.74) is 2.99. The molecule has 0 bridgehead atoms. The molecule has 0 radical (unpaired) electrons. The molecule has 2 fully saturated rings. The summed E-state index contributed by atoms with van der Waals surface area (Å²) in [6.45, 7) is 9.82. The first-order chi connectivity index (χ1) is 23.9. The molecule has 1 atom stereocenters. The summed E-state index contributed by atoms with van der Waals surface area (Å²) in [6, 6.07) is 26.2. The number of likely N-dealkylation sites (tertiary alicyclic amines) is 1. The van der Waals surface area contributed by atoms with Gasteiger partial charge in [-0.25, -0.2) is 4.68 Å². The molecular formula is C38H48N8O3. The van der Waals surface area contributed by atoms with E-state index in [9.17, 15) is 9.59 Å². The predicted octanol–water partition coefficient (Wildman–Crippen LogP) is 4.11. The van der Waals surface area contributed by atoms with Gasteiger partial charge in [0.15, 0.2) is 0 Å². The van der Waals surface area contributed by atoms with Crippen molar-refractivity contribution >= 4 is 11.8 Å². The fourth-order valence-electron chi connectivity index (χ4n) is 7.44. The maximum absolute atomic E-state index is 14.3. The molecular weight excluding hydrogens is 616 g/mol. The van der Waals surface area contributed by atoms with Gasteiger partial charge in [-0.15, -0.1) is 5.10 Å². The number of methoxy groups -OCH3 is 1. The van der Waals surface area contributed by atoms with Gasteiger partial charge in [0.25, 0.3) is 5.91 Å². The second-order valence-electron chi connectivity index (χ2n) is 13.2. The van der Waals surface area contributed by atoms with E-state index >= 15 is 0 Å². The van der Waals surface area contributed by atoms with Crippen molar-refractivity contribution in [3.63, 3.8) is 0 Å². The van der Waals surface area contributed by atoms with Crippen LogP contribution in [-0.2, 0) is 10.2 Å². The minimum atomic E-state index is -0.493. The number of ether oxygens (including phenoxy) is 1. The van der Waals surface area contributed by atoms with Crippen LogP contribution in [0.2, 0.25) is 0 Å². The maximum Gasteiger partial charge on any atom is 0.257 e. The predicted molar refractivity (Wildman–Crippen MR) is 189 cm³/mol. The third kappa shape index (κ3) is 7.68. The fourth-order valence-corrected chi connectivity index (χ4v) is 7.44. The summed E-state index contributed by atoms with van der Waals surface area (Å²) < 4.78 is 7.10. The Bertz CT molecular complexity index is 1650. The first kappa shape index (κ1) is 34.3. The van der Waals surface area contributed by atoms with Crippen LogP contribution in [0.3, 0.4) is 0 Å². The fraction of sp³-hybridized carbons (Fsp3) is 0.447. The highest BCUT2D eigenvalue weighted by Crippen LogP contribution is 2.38.